The number of nitrogens with one attached hydrogen (secondary N) is 1. The summed E-state index contributed by atoms with van der Waals surface area (Å²) in [7, 11) is -2.19. The first-order valence-corrected chi connectivity index (χ1v) is 15.7. The van der Waals surface area contributed by atoms with Gasteiger partial charge in [0, 0.05) is 44.4 Å². The van der Waals surface area contributed by atoms with Gasteiger partial charge >= 0.3 is 6.09 Å². The topological polar surface area (TPSA) is 108 Å². The molecule has 0 radical (unpaired) electrons. The summed E-state index contributed by atoms with van der Waals surface area (Å²) in [5.41, 5.74) is 0.882. The molecule has 10 nitrogen and oxygen atoms in total. The summed E-state index contributed by atoms with van der Waals surface area (Å²) in [6, 6.07) is 8.61. The maximum Gasteiger partial charge on any atom is 0.410 e. The summed E-state index contributed by atoms with van der Waals surface area (Å²) in [5.74, 6) is -0.268. The van der Waals surface area contributed by atoms with Crippen LogP contribution in [0.2, 0.25) is 5.02 Å². The highest BCUT2D eigenvalue weighted by Gasteiger charge is 2.44. The van der Waals surface area contributed by atoms with Gasteiger partial charge in [-0.25, -0.2) is 17.6 Å². The molecule has 0 aliphatic carbocycles. The first kappa shape index (κ1) is 31.6. The largest absolute Gasteiger partial charge is 0.495 e. The fourth-order valence-corrected chi connectivity index (χ4v) is 6.05. The van der Waals surface area contributed by atoms with E-state index in [4.69, 9.17) is 21.1 Å². The number of carbonyl (C=O) groups is 2. The Hall–Kier alpha value is -3.35. The van der Waals surface area contributed by atoms with E-state index in [1.54, 1.807) is 48.8 Å². The lowest BCUT2D eigenvalue weighted by Gasteiger charge is -2.52. The number of benzene rings is 2. The fourth-order valence-electron chi connectivity index (χ4n) is 5.23. The van der Waals surface area contributed by atoms with Crippen LogP contribution in [0.1, 0.15) is 31.9 Å². The molecule has 1 N–H and O–H groups in total. The Balaban J connectivity index is 1.58. The first-order chi connectivity index (χ1) is 19.6. The number of nitrogens with zero attached hydrogens (tertiary/aromatic N) is 3. The third kappa shape index (κ3) is 8.14. The van der Waals surface area contributed by atoms with Crippen LogP contribution in [-0.4, -0.2) is 92.3 Å². The fraction of sp³-hybridized carbons (Fsp3) is 0.448. The molecule has 4 rings (SSSR count). The number of anilines is 1. The molecule has 42 heavy (non-hydrogen) atoms. The van der Waals surface area contributed by atoms with Crippen molar-refractivity contribution in [2.45, 2.75) is 45.0 Å². The van der Waals surface area contributed by atoms with Crippen molar-refractivity contribution >= 4 is 45.4 Å². The number of amides is 2. The van der Waals surface area contributed by atoms with E-state index in [0.717, 1.165) is 11.8 Å². The summed E-state index contributed by atoms with van der Waals surface area (Å²) in [6.45, 7) is 7.52. The van der Waals surface area contributed by atoms with Gasteiger partial charge in [-0.2, -0.15) is 0 Å². The second-order valence-corrected chi connectivity index (χ2v) is 13.7. The third-order valence-electron chi connectivity index (χ3n) is 6.84. The number of carbonyl (C=O) groups excluding carboxylic acids is 2. The quantitative estimate of drug-likeness (QED) is 0.461. The molecule has 2 amide bonds. The van der Waals surface area contributed by atoms with Gasteiger partial charge in [0.1, 0.15) is 17.2 Å². The minimum atomic E-state index is -3.62. The summed E-state index contributed by atoms with van der Waals surface area (Å²) in [4.78, 5) is 32.2. The molecule has 0 aromatic heterocycles. The van der Waals surface area contributed by atoms with Crippen molar-refractivity contribution in [2.75, 3.05) is 44.3 Å². The standard InChI is InChI=1S/C29H36ClFN4O6S/c1-29(2,3)41-28(37)34-17-22-15-33(14-19-6-9-21(31)10-7-19)16-23(18-34)35(22)27(36)11-8-20-12-26(40-4)24(30)13-25(20)32-42(5,38)39/h6-13,22-23,32H,14-18H2,1-5H3/b11-8+. The van der Waals surface area contributed by atoms with Crippen LogP contribution >= 0.6 is 11.6 Å². The maximum absolute atomic E-state index is 13.7. The minimum absolute atomic E-state index is 0.202. The first-order valence-electron chi connectivity index (χ1n) is 13.4. The summed E-state index contributed by atoms with van der Waals surface area (Å²) >= 11 is 6.21. The number of ether oxygens (including phenoxy) is 2. The molecule has 2 bridgehead atoms. The molecule has 2 aromatic carbocycles. The molecule has 2 aromatic rings. The van der Waals surface area contributed by atoms with E-state index >= 15 is 0 Å². The van der Waals surface area contributed by atoms with E-state index in [0.29, 0.717) is 30.9 Å². The third-order valence-corrected chi connectivity index (χ3v) is 7.72. The SMILES string of the molecule is COc1cc(/C=C/C(=O)N2C3CN(Cc4ccc(F)cc4)CC2CN(C(=O)OC(C)(C)C)C3)c(NS(C)(=O)=O)cc1Cl. The van der Waals surface area contributed by atoms with Crippen LogP contribution in [0.4, 0.5) is 14.9 Å². The van der Waals surface area contributed by atoms with Crippen LogP contribution in [0.5, 0.6) is 5.75 Å². The molecule has 2 aliphatic rings. The second-order valence-electron chi connectivity index (χ2n) is 11.5. The number of halogens is 2. The minimum Gasteiger partial charge on any atom is -0.495 e. The van der Waals surface area contributed by atoms with Crippen LogP contribution in [0.15, 0.2) is 42.5 Å². The van der Waals surface area contributed by atoms with E-state index < -0.39 is 21.7 Å². The Bertz CT molecular complexity index is 1450. The van der Waals surface area contributed by atoms with Gasteiger partial charge in [-0.05, 0) is 56.7 Å². The lowest BCUT2D eigenvalue weighted by molar-refractivity contribution is -0.140. The molecule has 2 heterocycles. The number of fused-ring (bicyclic) bond motifs is 2. The van der Waals surface area contributed by atoms with Crippen LogP contribution in [0, 0.1) is 5.82 Å². The second kappa shape index (κ2) is 12.5. The smallest absolute Gasteiger partial charge is 0.410 e. The van der Waals surface area contributed by atoms with Gasteiger partial charge < -0.3 is 19.3 Å². The molecule has 2 aliphatic heterocycles. The zero-order chi connectivity index (χ0) is 30.8. The Labute approximate surface area is 251 Å². The van der Waals surface area contributed by atoms with Crippen LogP contribution in [-0.2, 0) is 26.1 Å². The summed E-state index contributed by atoms with van der Waals surface area (Å²) < 4.78 is 50.6. The van der Waals surface area contributed by atoms with Crippen LogP contribution in [0.3, 0.4) is 0 Å². The summed E-state index contributed by atoms with van der Waals surface area (Å²) in [5, 5.41) is 0.209. The number of hydrogen-bond acceptors (Lipinski definition) is 7. The number of rotatable bonds is 7. The zero-order valence-corrected chi connectivity index (χ0v) is 25.8. The van der Waals surface area contributed by atoms with Crippen molar-refractivity contribution in [3.8, 4) is 5.75 Å². The Morgan fingerprint density at radius 2 is 1.71 bits per heavy atom. The molecule has 2 atom stereocenters. The molecule has 2 unspecified atom stereocenters. The van der Waals surface area contributed by atoms with Crippen molar-refractivity contribution in [3.05, 3.63) is 64.4 Å². The van der Waals surface area contributed by atoms with E-state index in [9.17, 15) is 22.4 Å². The van der Waals surface area contributed by atoms with Gasteiger partial charge in [0.2, 0.25) is 15.9 Å². The monoisotopic (exact) mass is 622 g/mol. The van der Waals surface area contributed by atoms with Crippen molar-refractivity contribution in [3.63, 3.8) is 0 Å². The number of hydrogen-bond donors (Lipinski definition) is 1. The average Bonchev–Trinajstić information content (AvgIpc) is 2.86. The maximum atomic E-state index is 13.7. The molecule has 0 saturated carbocycles. The summed E-state index contributed by atoms with van der Waals surface area (Å²) in [6.07, 6.45) is 3.49. The molecule has 0 spiro atoms. The van der Waals surface area contributed by atoms with Crippen LogP contribution < -0.4 is 9.46 Å². The van der Waals surface area contributed by atoms with E-state index in [1.165, 1.54) is 37.5 Å². The number of piperazine rings is 2. The lowest BCUT2D eigenvalue weighted by atomic mass is 9.99. The van der Waals surface area contributed by atoms with Gasteiger partial charge in [0.25, 0.3) is 0 Å². The molecular weight excluding hydrogens is 587 g/mol. The van der Waals surface area contributed by atoms with Gasteiger partial charge in [-0.15, -0.1) is 0 Å². The Kier molecular flexibility index (Phi) is 9.39. The highest BCUT2D eigenvalue weighted by atomic mass is 35.5. The predicted octanol–water partition coefficient (Wildman–Crippen LogP) is 4.20. The van der Waals surface area contributed by atoms with Gasteiger partial charge in [0.05, 0.1) is 36.2 Å². The number of sulfonamides is 1. The Morgan fingerprint density at radius 1 is 1.10 bits per heavy atom. The Morgan fingerprint density at radius 3 is 2.26 bits per heavy atom. The zero-order valence-electron chi connectivity index (χ0n) is 24.3. The molecule has 2 fully saturated rings. The molecular formula is C29H36ClFN4O6S. The van der Waals surface area contributed by atoms with Gasteiger partial charge in [-0.1, -0.05) is 23.7 Å². The van der Waals surface area contributed by atoms with Crippen molar-refractivity contribution in [1.82, 2.24) is 14.7 Å². The van der Waals surface area contributed by atoms with Gasteiger partial charge in [-0.3, -0.25) is 14.4 Å². The van der Waals surface area contributed by atoms with E-state index in [-0.39, 0.29) is 47.6 Å². The highest BCUT2D eigenvalue weighted by Crippen LogP contribution is 2.33. The van der Waals surface area contributed by atoms with E-state index in [2.05, 4.69) is 9.62 Å². The molecule has 13 heteroatoms. The van der Waals surface area contributed by atoms with Crippen molar-refractivity contribution in [2.24, 2.45) is 0 Å². The highest BCUT2D eigenvalue weighted by molar-refractivity contribution is 7.92. The average molecular weight is 623 g/mol. The van der Waals surface area contributed by atoms with Crippen molar-refractivity contribution < 1.29 is 31.9 Å². The normalized spacial score (nSPS) is 19.6. The van der Waals surface area contributed by atoms with Crippen LogP contribution in [0.25, 0.3) is 6.08 Å². The predicted molar refractivity (Wildman–Crippen MR) is 159 cm³/mol. The van der Waals surface area contributed by atoms with E-state index in [1.807, 2.05) is 0 Å². The molecule has 2 saturated heterocycles. The van der Waals surface area contributed by atoms with Crippen molar-refractivity contribution in [1.29, 1.82) is 0 Å². The lowest BCUT2D eigenvalue weighted by Crippen LogP contribution is -2.70. The number of methoxy groups -OCH3 is 1. The molecule has 228 valence electrons. The van der Waals surface area contributed by atoms with Gasteiger partial charge in [0.15, 0.2) is 0 Å².